The molecule has 0 bridgehead atoms. The van der Waals surface area contributed by atoms with E-state index in [1.807, 2.05) is 0 Å². The first-order valence-corrected chi connectivity index (χ1v) is 15.4. The van der Waals surface area contributed by atoms with Gasteiger partial charge in [-0.2, -0.15) is 0 Å². The Balaban J connectivity index is -0.000000413. The SMILES string of the molecule is C=C(C)CCCCCCCC.CCC1CC(C)[C@H](C)C(C)[C@@H]1C.CCCCCCCCC.CO. The fraction of sp³-hybridized carbons (Fsp3) is 0.939. The number of hydrogen-bond donors (Lipinski definition) is 1. The lowest BCUT2D eigenvalue weighted by Gasteiger charge is -2.42. The molecule has 0 heterocycles. The third-order valence-corrected chi connectivity index (χ3v) is 8.16. The van der Waals surface area contributed by atoms with Crippen LogP contribution >= 0.6 is 0 Å². The highest BCUT2D eigenvalue weighted by atomic mass is 16.2. The van der Waals surface area contributed by atoms with Crippen molar-refractivity contribution in [1.82, 2.24) is 0 Å². The van der Waals surface area contributed by atoms with Crippen LogP contribution in [0.3, 0.4) is 0 Å². The maximum absolute atomic E-state index is 7.00. The topological polar surface area (TPSA) is 20.2 Å². The standard InChI is InChI=1S/C12H24.C11H22.C9H20.CH4O/c1-6-12-7-8(2)9(3)10(4)11(12)5;1-4-5-6-7-8-9-10-11(2)3;1-3-5-7-9-8-6-4-2;1-2/h8-12H,6-7H2,1-5H3;2,4-10H2,1,3H3;3-9H2,1-2H3;2H,1H3/t8?,9-,10?,11-,12?;;;/m0.../s1. The van der Waals surface area contributed by atoms with E-state index >= 15 is 0 Å². The fourth-order valence-electron chi connectivity index (χ4n) is 5.11. The summed E-state index contributed by atoms with van der Waals surface area (Å²) in [4.78, 5) is 0. The van der Waals surface area contributed by atoms with E-state index in [0.29, 0.717) is 0 Å². The molecule has 34 heavy (non-hydrogen) atoms. The Morgan fingerprint density at radius 2 is 1.00 bits per heavy atom. The first kappa shape index (κ1) is 38.2. The highest BCUT2D eigenvalue weighted by Gasteiger charge is 2.34. The fourth-order valence-corrected chi connectivity index (χ4v) is 5.11. The van der Waals surface area contributed by atoms with Gasteiger partial charge in [0, 0.05) is 7.11 Å². The molecule has 0 aromatic rings. The maximum atomic E-state index is 7.00. The average Bonchev–Trinajstić information content (AvgIpc) is 2.84. The molecule has 5 atom stereocenters. The Morgan fingerprint density at radius 3 is 1.35 bits per heavy atom. The predicted octanol–water partition coefficient (Wildman–Crippen LogP) is 11.6. The van der Waals surface area contributed by atoms with Gasteiger partial charge in [0.05, 0.1) is 0 Å². The second-order valence-corrected chi connectivity index (χ2v) is 11.2. The largest absolute Gasteiger partial charge is 0.400 e. The van der Waals surface area contributed by atoms with E-state index in [1.165, 1.54) is 108 Å². The lowest BCUT2D eigenvalue weighted by Crippen LogP contribution is -2.34. The Bertz CT molecular complexity index is 377. The van der Waals surface area contributed by atoms with Gasteiger partial charge in [-0.25, -0.2) is 0 Å². The van der Waals surface area contributed by atoms with Crippen LogP contribution in [0.2, 0.25) is 0 Å². The van der Waals surface area contributed by atoms with Crippen molar-refractivity contribution >= 4 is 0 Å². The van der Waals surface area contributed by atoms with Crippen molar-refractivity contribution < 1.29 is 5.11 Å². The number of aliphatic hydroxyl groups is 1. The molecule has 1 heteroatoms. The molecule has 0 amide bonds. The van der Waals surface area contributed by atoms with Gasteiger partial charge in [0.1, 0.15) is 0 Å². The van der Waals surface area contributed by atoms with Gasteiger partial charge in [-0.15, -0.1) is 6.58 Å². The molecule has 208 valence electrons. The molecule has 1 rings (SSSR count). The Morgan fingerprint density at radius 1 is 0.618 bits per heavy atom. The first-order chi connectivity index (χ1) is 16.3. The number of rotatable bonds is 14. The van der Waals surface area contributed by atoms with Crippen LogP contribution < -0.4 is 0 Å². The summed E-state index contributed by atoms with van der Waals surface area (Å²) < 4.78 is 0. The van der Waals surface area contributed by atoms with Crippen molar-refractivity contribution in [2.45, 2.75) is 165 Å². The van der Waals surface area contributed by atoms with Crippen LogP contribution in [0.5, 0.6) is 0 Å². The van der Waals surface area contributed by atoms with E-state index in [2.05, 4.69) is 68.9 Å². The quantitative estimate of drug-likeness (QED) is 0.193. The van der Waals surface area contributed by atoms with E-state index in [0.717, 1.165) is 36.7 Å². The lowest BCUT2D eigenvalue weighted by atomic mass is 9.63. The Kier molecular flexibility index (Phi) is 32.5. The molecular weight excluding hydrogens is 412 g/mol. The molecule has 0 aromatic carbocycles. The van der Waals surface area contributed by atoms with Crippen molar-refractivity contribution in [3.05, 3.63) is 12.2 Å². The normalized spacial score (nSPS) is 23.4. The zero-order chi connectivity index (χ0) is 26.8. The van der Waals surface area contributed by atoms with Crippen molar-refractivity contribution in [1.29, 1.82) is 0 Å². The molecule has 0 spiro atoms. The molecule has 1 fully saturated rings. The summed E-state index contributed by atoms with van der Waals surface area (Å²) in [7, 11) is 1.00. The van der Waals surface area contributed by atoms with Crippen molar-refractivity contribution in [2.24, 2.45) is 29.6 Å². The van der Waals surface area contributed by atoms with Gasteiger partial charge in [0.2, 0.25) is 0 Å². The molecule has 0 saturated heterocycles. The van der Waals surface area contributed by atoms with Crippen LogP contribution in [0.4, 0.5) is 0 Å². The van der Waals surface area contributed by atoms with E-state index in [9.17, 15) is 0 Å². The molecule has 1 aliphatic rings. The van der Waals surface area contributed by atoms with Crippen LogP contribution in [0, 0.1) is 29.6 Å². The summed E-state index contributed by atoms with van der Waals surface area (Å²) in [6.07, 6.45) is 22.4. The van der Waals surface area contributed by atoms with E-state index in [4.69, 9.17) is 5.11 Å². The van der Waals surface area contributed by atoms with Gasteiger partial charge in [-0.3, -0.25) is 0 Å². The molecule has 1 nitrogen and oxygen atoms in total. The second-order valence-electron chi connectivity index (χ2n) is 11.2. The molecular formula is C33H70O. The van der Waals surface area contributed by atoms with Crippen LogP contribution in [0.15, 0.2) is 12.2 Å². The third-order valence-electron chi connectivity index (χ3n) is 8.16. The van der Waals surface area contributed by atoms with Crippen molar-refractivity contribution in [3.8, 4) is 0 Å². The van der Waals surface area contributed by atoms with Crippen LogP contribution in [-0.4, -0.2) is 12.2 Å². The summed E-state index contributed by atoms with van der Waals surface area (Å²) >= 11 is 0. The van der Waals surface area contributed by atoms with Gasteiger partial charge in [0.25, 0.3) is 0 Å². The summed E-state index contributed by atoms with van der Waals surface area (Å²) in [5.41, 5.74) is 1.33. The molecule has 0 aromatic heterocycles. The van der Waals surface area contributed by atoms with E-state index in [1.54, 1.807) is 0 Å². The van der Waals surface area contributed by atoms with Crippen LogP contribution in [0.1, 0.15) is 165 Å². The first-order valence-electron chi connectivity index (χ1n) is 15.4. The molecule has 0 radical (unpaired) electrons. The lowest BCUT2D eigenvalue weighted by molar-refractivity contribution is 0.0737. The number of unbranched alkanes of at least 4 members (excludes halogenated alkanes) is 11. The smallest absolute Gasteiger partial charge is 0.0319 e. The van der Waals surface area contributed by atoms with Gasteiger partial charge in [0.15, 0.2) is 0 Å². The Labute approximate surface area is 219 Å². The molecule has 3 unspecified atom stereocenters. The van der Waals surface area contributed by atoms with E-state index in [-0.39, 0.29) is 0 Å². The predicted molar refractivity (Wildman–Crippen MR) is 160 cm³/mol. The zero-order valence-electron chi connectivity index (χ0n) is 25.9. The number of hydrogen-bond acceptors (Lipinski definition) is 1. The maximum Gasteiger partial charge on any atom is 0.0319 e. The summed E-state index contributed by atoms with van der Waals surface area (Å²) in [6.45, 7) is 24.9. The minimum atomic E-state index is 0.929. The minimum absolute atomic E-state index is 0.929. The molecule has 1 N–H and O–H groups in total. The highest BCUT2D eigenvalue weighted by molar-refractivity contribution is 4.87. The van der Waals surface area contributed by atoms with Gasteiger partial charge < -0.3 is 5.11 Å². The number of allylic oxidation sites excluding steroid dienone is 1. The van der Waals surface area contributed by atoms with Gasteiger partial charge >= 0.3 is 0 Å². The van der Waals surface area contributed by atoms with Gasteiger partial charge in [-0.1, -0.05) is 144 Å². The van der Waals surface area contributed by atoms with Crippen LogP contribution in [-0.2, 0) is 0 Å². The molecule has 0 aliphatic heterocycles. The van der Waals surface area contributed by atoms with Crippen molar-refractivity contribution in [3.63, 3.8) is 0 Å². The molecule has 1 aliphatic carbocycles. The second kappa shape index (κ2) is 28.9. The summed E-state index contributed by atoms with van der Waals surface area (Å²) in [6, 6.07) is 0. The third kappa shape index (κ3) is 23.4. The minimum Gasteiger partial charge on any atom is -0.400 e. The highest BCUT2D eigenvalue weighted by Crippen LogP contribution is 2.42. The van der Waals surface area contributed by atoms with Crippen molar-refractivity contribution in [2.75, 3.05) is 7.11 Å². The molecule has 1 saturated carbocycles. The summed E-state index contributed by atoms with van der Waals surface area (Å²) in [5, 5.41) is 7.00. The Hall–Kier alpha value is -0.300. The van der Waals surface area contributed by atoms with E-state index < -0.39 is 0 Å². The summed E-state index contributed by atoms with van der Waals surface area (Å²) in [5.74, 6) is 4.75. The van der Waals surface area contributed by atoms with Gasteiger partial charge in [-0.05, 0) is 55.8 Å². The average molecular weight is 483 g/mol. The monoisotopic (exact) mass is 483 g/mol. The number of aliphatic hydroxyl groups excluding tert-OH is 1. The zero-order valence-corrected chi connectivity index (χ0v) is 25.9. The van der Waals surface area contributed by atoms with Crippen LogP contribution in [0.25, 0.3) is 0 Å².